The number of hydrogen-bond donors (Lipinski definition) is 1. The van der Waals surface area contributed by atoms with Gasteiger partial charge in [-0.3, -0.25) is 4.99 Å². The Bertz CT molecular complexity index is 71.5. The van der Waals surface area contributed by atoms with Crippen molar-refractivity contribution in [3.05, 3.63) is 12.3 Å². The van der Waals surface area contributed by atoms with E-state index in [1.165, 1.54) is 0 Å². The van der Waals surface area contributed by atoms with Crippen LogP contribution in [-0.2, 0) is 0 Å². The first-order valence-electron chi connectivity index (χ1n) is 1.80. The lowest BCUT2D eigenvalue weighted by molar-refractivity contribution is 0.856. The van der Waals surface area contributed by atoms with Gasteiger partial charge in [0, 0.05) is 6.21 Å². The molecule has 0 amide bonds. The summed E-state index contributed by atoms with van der Waals surface area (Å²) in [6.07, 6.45) is 6.22. The fourth-order valence-corrected chi connectivity index (χ4v) is 0.293. The Morgan fingerprint density at radius 3 is 3.00 bits per heavy atom. The number of rotatable bonds is 0. The van der Waals surface area contributed by atoms with Gasteiger partial charge in [0.1, 0.15) is 6.67 Å². The SMILES string of the molecule is [C]1=CC=NCN1. The molecule has 1 aliphatic heterocycles. The highest BCUT2D eigenvalue weighted by Crippen LogP contribution is 1.70. The van der Waals surface area contributed by atoms with Crippen LogP contribution in [0.1, 0.15) is 0 Å². The molecule has 0 aromatic heterocycles. The highest BCUT2D eigenvalue weighted by Gasteiger charge is 1.75. The molecule has 1 heterocycles. The van der Waals surface area contributed by atoms with Gasteiger partial charge in [-0.1, -0.05) is 0 Å². The van der Waals surface area contributed by atoms with Crippen LogP contribution in [0.5, 0.6) is 0 Å². The molecule has 0 saturated heterocycles. The van der Waals surface area contributed by atoms with Crippen LogP contribution < -0.4 is 5.32 Å². The van der Waals surface area contributed by atoms with E-state index in [2.05, 4.69) is 16.5 Å². The molecule has 1 N–H and O–H groups in total. The maximum Gasteiger partial charge on any atom is 0.107 e. The van der Waals surface area contributed by atoms with Gasteiger partial charge in [-0.2, -0.15) is 0 Å². The van der Waals surface area contributed by atoms with E-state index in [4.69, 9.17) is 0 Å². The molecule has 0 aromatic rings. The average molecular weight is 81.1 g/mol. The van der Waals surface area contributed by atoms with Crippen molar-refractivity contribution < 1.29 is 0 Å². The van der Waals surface area contributed by atoms with Crippen molar-refractivity contribution in [3.63, 3.8) is 0 Å². The van der Waals surface area contributed by atoms with Gasteiger partial charge < -0.3 is 5.32 Å². The third-order valence-electron chi connectivity index (χ3n) is 0.536. The summed E-state index contributed by atoms with van der Waals surface area (Å²) >= 11 is 0. The second kappa shape index (κ2) is 1.60. The Kier molecular flexibility index (Phi) is 0.906. The van der Waals surface area contributed by atoms with Crippen LogP contribution in [0.4, 0.5) is 0 Å². The van der Waals surface area contributed by atoms with Gasteiger partial charge in [-0.15, -0.1) is 0 Å². The Labute approximate surface area is 36.6 Å². The maximum absolute atomic E-state index is 3.82. The summed E-state index contributed by atoms with van der Waals surface area (Å²) < 4.78 is 0. The zero-order valence-electron chi connectivity index (χ0n) is 3.31. The topological polar surface area (TPSA) is 24.4 Å². The minimum atomic E-state index is 0.677. The molecule has 0 bridgehead atoms. The molecule has 31 valence electrons. The second-order valence-electron chi connectivity index (χ2n) is 0.978. The van der Waals surface area contributed by atoms with Crippen molar-refractivity contribution in [2.24, 2.45) is 4.99 Å². The minimum absolute atomic E-state index is 0.677. The van der Waals surface area contributed by atoms with Gasteiger partial charge in [0.2, 0.25) is 0 Å². The molecule has 0 saturated carbocycles. The van der Waals surface area contributed by atoms with Crippen LogP contribution in [0.3, 0.4) is 0 Å². The Balaban J connectivity index is 2.46. The van der Waals surface area contributed by atoms with Gasteiger partial charge in [0.05, 0.1) is 6.20 Å². The van der Waals surface area contributed by atoms with E-state index in [9.17, 15) is 0 Å². The number of aliphatic imine (C=N–C) groups is 1. The number of nitrogens with zero attached hydrogens (tertiary/aromatic N) is 1. The van der Waals surface area contributed by atoms with E-state index in [0.29, 0.717) is 6.67 Å². The fourth-order valence-electron chi connectivity index (χ4n) is 0.293. The molecule has 0 unspecified atom stereocenters. The lowest BCUT2D eigenvalue weighted by Crippen LogP contribution is -2.07. The van der Waals surface area contributed by atoms with Crippen molar-refractivity contribution >= 4 is 6.21 Å². The Morgan fingerprint density at radius 2 is 2.83 bits per heavy atom. The molecule has 1 aliphatic rings. The molecule has 0 atom stereocenters. The number of allylic oxidation sites excluding steroid dienone is 1. The predicted octanol–water partition coefficient (Wildman–Crippen LogP) is -0.0652. The van der Waals surface area contributed by atoms with E-state index >= 15 is 0 Å². The molecular formula is C4H5N2. The molecule has 2 heteroatoms. The van der Waals surface area contributed by atoms with Crippen LogP contribution in [-0.4, -0.2) is 12.9 Å². The molecule has 2 nitrogen and oxygen atoms in total. The maximum atomic E-state index is 3.82. The number of hydrogen-bond acceptors (Lipinski definition) is 2. The summed E-state index contributed by atoms with van der Waals surface area (Å²) in [5, 5.41) is 2.78. The Hall–Kier alpha value is -0.790. The zero-order chi connectivity index (χ0) is 4.24. The molecule has 0 aliphatic carbocycles. The van der Waals surface area contributed by atoms with Gasteiger partial charge >= 0.3 is 0 Å². The predicted molar refractivity (Wildman–Crippen MR) is 24.3 cm³/mol. The van der Waals surface area contributed by atoms with Gasteiger partial charge in [-0.05, 0) is 6.08 Å². The van der Waals surface area contributed by atoms with Gasteiger partial charge in [0.15, 0.2) is 0 Å². The number of nitrogens with one attached hydrogen (secondary N) is 1. The van der Waals surface area contributed by atoms with Crippen LogP contribution in [0, 0.1) is 6.20 Å². The molecule has 0 fully saturated rings. The van der Waals surface area contributed by atoms with E-state index < -0.39 is 0 Å². The standard InChI is InChI=1S/C4H5N2/c1-2-5-4-6-3-1/h1-2,6H,4H2. The van der Waals surface area contributed by atoms with Crippen molar-refractivity contribution in [3.8, 4) is 0 Å². The van der Waals surface area contributed by atoms with E-state index in [-0.39, 0.29) is 0 Å². The van der Waals surface area contributed by atoms with Gasteiger partial charge in [-0.25, -0.2) is 0 Å². The lowest BCUT2D eigenvalue weighted by atomic mass is 10.6. The normalized spacial score (nSPS) is 17.3. The summed E-state index contributed by atoms with van der Waals surface area (Å²) in [4.78, 5) is 3.82. The van der Waals surface area contributed by atoms with E-state index in [1.807, 2.05) is 0 Å². The molecule has 0 spiro atoms. The summed E-state index contributed by atoms with van der Waals surface area (Å²) in [5.41, 5.74) is 0. The first-order valence-corrected chi connectivity index (χ1v) is 1.80. The summed E-state index contributed by atoms with van der Waals surface area (Å²) in [6.45, 7) is 0.677. The molecule has 0 aromatic carbocycles. The quantitative estimate of drug-likeness (QED) is 0.434. The Morgan fingerprint density at radius 1 is 1.83 bits per heavy atom. The molecule has 1 rings (SSSR count). The van der Waals surface area contributed by atoms with Crippen LogP contribution in [0.2, 0.25) is 0 Å². The smallest absolute Gasteiger partial charge is 0.107 e. The van der Waals surface area contributed by atoms with Crippen molar-refractivity contribution in [2.45, 2.75) is 0 Å². The average Bonchev–Trinajstić information content (AvgIpc) is 1.72. The molecule has 6 heavy (non-hydrogen) atoms. The largest absolute Gasteiger partial charge is 0.365 e. The first kappa shape index (κ1) is 3.40. The molecule has 1 radical (unpaired) electrons. The van der Waals surface area contributed by atoms with Crippen LogP contribution in [0.15, 0.2) is 11.1 Å². The van der Waals surface area contributed by atoms with Crippen molar-refractivity contribution in [1.82, 2.24) is 5.32 Å². The van der Waals surface area contributed by atoms with Crippen molar-refractivity contribution in [2.75, 3.05) is 6.67 Å². The highest BCUT2D eigenvalue weighted by molar-refractivity contribution is 5.70. The fraction of sp³-hybridized carbons (Fsp3) is 0.250. The minimum Gasteiger partial charge on any atom is -0.365 e. The lowest BCUT2D eigenvalue weighted by Gasteiger charge is -1.93. The van der Waals surface area contributed by atoms with Crippen molar-refractivity contribution in [1.29, 1.82) is 0 Å². The summed E-state index contributed by atoms with van der Waals surface area (Å²) in [5.74, 6) is 0. The van der Waals surface area contributed by atoms with Crippen LogP contribution in [0.25, 0.3) is 0 Å². The molecular weight excluding hydrogens is 76.1 g/mol. The third kappa shape index (κ3) is 0.578. The van der Waals surface area contributed by atoms with Crippen LogP contribution >= 0.6 is 0 Å². The van der Waals surface area contributed by atoms with Gasteiger partial charge in [0.25, 0.3) is 0 Å². The van der Waals surface area contributed by atoms with E-state index in [0.717, 1.165) is 0 Å². The monoisotopic (exact) mass is 81.0 g/mol. The highest BCUT2D eigenvalue weighted by atomic mass is 15.0. The summed E-state index contributed by atoms with van der Waals surface area (Å²) in [7, 11) is 0. The second-order valence-corrected chi connectivity index (χ2v) is 0.978. The zero-order valence-corrected chi connectivity index (χ0v) is 3.31. The third-order valence-corrected chi connectivity index (χ3v) is 0.536. The summed E-state index contributed by atoms with van der Waals surface area (Å²) in [6, 6.07) is 0. The van der Waals surface area contributed by atoms with E-state index in [1.54, 1.807) is 12.3 Å². The first-order chi connectivity index (χ1) is 3.00.